The van der Waals surface area contributed by atoms with Crippen molar-refractivity contribution >= 4 is 21.6 Å². The Hall–Kier alpha value is -0.630. The molecule has 1 aromatic carbocycles. The first kappa shape index (κ1) is 7.04. The number of halogens is 1. The summed E-state index contributed by atoms with van der Waals surface area (Å²) in [5.41, 5.74) is 2.52. The molecule has 11 heavy (non-hydrogen) atoms. The monoisotopic (exact) mass is 209 g/mol. The summed E-state index contributed by atoms with van der Waals surface area (Å²) >= 11 is 3.49. The van der Waals surface area contributed by atoms with Crippen LogP contribution >= 0.6 is 15.9 Å². The van der Waals surface area contributed by atoms with Gasteiger partial charge in [0, 0.05) is 10.2 Å². The van der Waals surface area contributed by atoms with Crippen LogP contribution in [0.15, 0.2) is 33.7 Å². The Balaban J connectivity index is 2.32. The lowest BCUT2D eigenvalue weighted by Crippen LogP contribution is -1.86. The number of rotatable bonds is 1. The molecule has 0 bridgehead atoms. The molecule has 0 radical (unpaired) electrons. The van der Waals surface area contributed by atoms with E-state index in [4.69, 9.17) is 0 Å². The van der Waals surface area contributed by atoms with Crippen LogP contribution in [0.1, 0.15) is 18.5 Å². The topological polar surface area (TPSA) is 12.4 Å². The summed E-state index contributed by atoms with van der Waals surface area (Å²) in [4.78, 5) is 4.27. The molecular formula is C9H8BrN. The van der Waals surface area contributed by atoms with Gasteiger partial charge in [-0.3, -0.25) is 4.99 Å². The number of aliphatic imine (C=N–C) groups is 1. The summed E-state index contributed by atoms with van der Waals surface area (Å²) in [6, 6.07) is 8.59. The van der Waals surface area contributed by atoms with Crippen molar-refractivity contribution in [3.63, 3.8) is 0 Å². The zero-order chi connectivity index (χ0) is 7.84. The van der Waals surface area contributed by atoms with Crippen molar-refractivity contribution in [1.29, 1.82) is 0 Å². The van der Waals surface area contributed by atoms with Crippen molar-refractivity contribution in [3.8, 4) is 0 Å². The summed E-state index contributed by atoms with van der Waals surface area (Å²) < 4.78 is 1.16. The second-order valence-corrected chi connectivity index (χ2v) is 3.55. The second kappa shape index (κ2) is 2.45. The van der Waals surface area contributed by atoms with Crippen molar-refractivity contribution in [3.05, 3.63) is 34.3 Å². The van der Waals surface area contributed by atoms with Crippen LogP contribution in [-0.2, 0) is 0 Å². The molecule has 0 fully saturated rings. The Kier molecular flexibility index (Phi) is 1.57. The van der Waals surface area contributed by atoms with Gasteiger partial charge in [-0.05, 0) is 18.6 Å². The summed E-state index contributed by atoms with van der Waals surface area (Å²) in [6.07, 6.45) is 0. The van der Waals surface area contributed by atoms with Gasteiger partial charge in [-0.15, -0.1) is 0 Å². The van der Waals surface area contributed by atoms with Gasteiger partial charge < -0.3 is 0 Å². The smallest absolute Gasteiger partial charge is 0.113 e. The molecule has 1 aliphatic rings. The first-order valence-electron chi connectivity index (χ1n) is 3.58. The minimum Gasteiger partial charge on any atom is -0.278 e. The third kappa shape index (κ3) is 1.23. The fourth-order valence-corrected chi connectivity index (χ4v) is 1.66. The van der Waals surface area contributed by atoms with Gasteiger partial charge in [0.05, 0.1) is 0 Å². The highest BCUT2D eigenvalue weighted by atomic mass is 79.9. The first-order valence-corrected chi connectivity index (χ1v) is 4.37. The van der Waals surface area contributed by atoms with E-state index in [1.807, 2.05) is 12.1 Å². The van der Waals surface area contributed by atoms with E-state index >= 15 is 0 Å². The van der Waals surface area contributed by atoms with E-state index in [0.717, 1.165) is 4.47 Å². The van der Waals surface area contributed by atoms with Crippen LogP contribution < -0.4 is 0 Å². The highest BCUT2D eigenvalue weighted by Crippen LogP contribution is 2.34. The molecule has 0 spiro atoms. The molecule has 2 rings (SSSR count). The van der Waals surface area contributed by atoms with Crippen LogP contribution in [0.3, 0.4) is 0 Å². The number of nitrogens with zero attached hydrogens (tertiary/aromatic N) is 1. The van der Waals surface area contributed by atoms with Gasteiger partial charge in [-0.1, -0.05) is 34.1 Å². The molecule has 2 heteroatoms. The Morgan fingerprint density at radius 3 is 2.55 bits per heavy atom. The Morgan fingerprint density at radius 2 is 2.00 bits per heavy atom. The normalized spacial score (nSPS) is 21.3. The van der Waals surface area contributed by atoms with Crippen LogP contribution in [0, 0.1) is 0 Å². The van der Waals surface area contributed by atoms with Crippen LogP contribution in [0.5, 0.6) is 0 Å². The zero-order valence-corrected chi connectivity index (χ0v) is 7.80. The van der Waals surface area contributed by atoms with Gasteiger partial charge in [-0.2, -0.15) is 0 Å². The molecule has 1 nitrogen and oxygen atoms in total. The van der Waals surface area contributed by atoms with Gasteiger partial charge in [0.15, 0.2) is 0 Å². The van der Waals surface area contributed by atoms with Crippen LogP contribution in [0.2, 0.25) is 0 Å². The lowest BCUT2D eigenvalue weighted by atomic mass is 10.1. The highest BCUT2D eigenvalue weighted by molar-refractivity contribution is 9.10. The molecule has 56 valence electrons. The molecular weight excluding hydrogens is 202 g/mol. The van der Waals surface area contributed by atoms with Crippen molar-refractivity contribution in [2.75, 3.05) is 0 Å². The first-order chi connectivity index (χ1) is 5.29. The van der Waals surface area contributed by atoms with Gasteiger partial charge >= 0.3 is 0 Å². The van der Waals surface area contributed by atoms with Crippen molar-refractivity contribution < 1.29 is 0 Å². The summed E-state index contributed by atoms with van der Waals surface area (Å²) in [5.74, 6) is 0. The summed E-state index contributed by atoms with van der Waals surface area (Å²) in [5, 5.41) is 0. The molecule has 1 unspecified atom stereocenters. The molecule has 0 aliphatic carbocycles. The predicted octanol–water partition coefficient (Wildman–Crippen LogP) is 2.96. The summed E-state index contributed by atoms with van der Waals surface area (Å²) in [6.45, 7) is 2.06. The second-order valence-electron chi connectivity index (χ2n) is 2.69. The Labute approximate surface area is 74.3 Å². The third-order valence-electron chi connectivity index (χ3n) is 1.86. The maximum atomic E-state index is 4.27. The molecule has 1 atom stereocenters. The fourth-order valence-electron chi connectivity index (χ4n) is 1.16. The van der Waals surface area contributed by atoms with Crippen molar-refractivity contribution in [2.24, 2.45) is 4.99 Å². The SMILES string of the molecule is CC1=NC1c1ccccc1Br. The zero-order valence-electron chi connectivity index (χ0n) is 6.21. The van der Waals surface area contributed by atoms with E-state index < -0.39 is 0 Å². The lowest BCUT2D eigenvalue weighted by Gasteiger charge is -1.98. The van der Waals surface area contributed by atoms with Crippen LogP contribution in [0.4, 0.5) is 0 Å². The molecule has 0 aromatic heterocycles. The largest absolute Gasteiger partial charge is 0.278 e. The molecule has 1 aliphatic heterocycles. The van der Waals surface area contributed by atoms with Crippen molar-refractivity contribution in [2.45, 2.75) is 13.0 Å². The Bertz CT molecular complexity index is 317. The van der Waals surface area contributed by atoms with E-state index in [1.54, 1.807) is 0 Å². The molecule has 0 saturated carbocycles. The highest BCUT2D eigenvalue weighted by Gasteiger charge is 2.25. The third-order valence-corrected chi connectivity index (χ3v) is 2.58. The average Bonchev–Trinajstić information content (AvgIpc) is 2.68. The molecule has 1 aromatic rings. The van der Waals surface area contributed by atoms with E-state index in [2.05, 4.69) is 40.0 Å². The van der Waals surface area contributed by atoms with Gasteiger partial charge in [-0.25, -0.2) is 0 Å². The predicted molar refractivity (Wildman–Crippen MR) is 50.0 cm³/mol. The number of hydrogen-bond donors (Lipinski definition) is 0. The lowest BCUT2D eigenvalue weighted by molar-refractivity contribution is 1.12. The van der Waals surface area contributed by atoms with E-state index in [0.29, 0.717) is 6.04 Å². The van der Waals surface area contributed by atoms with Gasteiger partial charge in [0.2, 0.25) is 0 Å². The molecule has 0 N–H and O–H groups in total. The Morgan fingerprint density at radius 1 is 1.36 bits per heavy atom. The number of hydrogen-bond acceptors (Lipinski definition) is 1. The van der Waals surface area contributed by atoms with E-state index in [9.17, 15) is 0 Å². The fraction of sp³-hybridized carbons (Fsp3) is 0.222. The standard InChI is InChI=1S/C9H8BrN/c1-6-9(11-6)7-4-2-3-5-8(7)10/h2-5,9H,1H3. The minimum atomic E-state index is 0.366. The van der Waals surface area contributed by atoms with Crippen LogP contribution in [-0.4, -0.2) is 5.71 Å². The quantitative estimate of drug-likeness (QED) is 0.675. The van der Waals surface area contributed by atoms with E-state index in [-0.39, 0.29) is 0 Å². The van der Waals surface area contributed by atoms with Gasteiger partial charge in [0.1, 0.15) is 6.04 Å². The summed E-state index contributed by atoms with van der Waals surface area (Å²) in [7, 11) is 0. The van der Waals surface area contributed by atoms with Crippen molar-refractivity contribution in [1.82, 2.24) is 0 Å². The van der Waals surface area contributed by atoms with Gasteiger partial charge in [0.25, 0.3) is 0 Å². The molecule has 1 heterocycles. The molecule has 0 saturated heterocycles. The number of benzene rings is 1. The minimum absolute atomic E-state index is 0.366. The van der Waals surface area contributed by atoms with Crippen LogP contribution in [0.25, 0.3) is 0 Å². The maximum absolute atomic E-state index is 4.27. The maximum Gasteiger partial charge on any atom is 0.113 e. The molecule has 0 amide bonds. The van der Waals surface area contributed by atoms with E-state index in [1.165, 1.54) is 11.3 Å². The average molecular weight is 210 g/mol.